The Morgan fingerprint density at radius 1 is 1.00 bits per heavy atom. The Bertz CT molecular complexity index is 708. The smallest absolute Gasteiger partial charge is 0.173 e. The highest BCUT2D eigenvalue weighted by atomic mass is 15.6. The summed E-state index contributed by atoms with van der Waals surface area (Å²) in [5, 5.41) is 12.2. The molecule has 0 bridgehead atoms. The zero-order valence-electron chi connectivity index (χ0n) is 12.8. The summed E-state index contributed by atoms with van der Waals surface area (Å²) >= 11 is 0. The van der Waals surface area contributed by atoms with E-state index in [-0.39, 0.29) is 6.04 Å². The van der Waals surface area contributed by atoms with Crippen molar-refractivity contribution in [2.45, 2.75) is 19.5 Å². The third-order valence-corrected chi connectivity index (χ3v) is 3.80. The van der Waals surface area contributed by atoms with Gasteiger partial charge in [-0.25, -0.2) is 0 Å². The second-order valence-electron chi connectivity index (χ2n) is 5.36. The summed E-state index contributed by atoms with van der Waals surface area (Å²) in [5.41, 5.74) is 2.25. The lowest BCUT2D eigenvalue weighted by Crippen LogP contribution is -2.24. The number of tetrazole rings is 1. The molecule has 3 rings (SSSR count). The van der Waals surface area contributed by atoms with Crippen molar-refractivity contribution in [2.24, 2.45) is 0 Å². The van der Waals surface area contributed by atoms with Crippen LogP contribution in [0, 0.1) is 0 Å². The molecular formula is C17H19N5. The number of hydrogen-bond acceptors (Lipinski definition) is 4. The number of para-hydroxylation sites is 1. The Hall–Kier alpha value is -2.53. The van der Waals surface area contributed by atoms with E-state index >= 15 is 0 Å². The van der Waals surface area contributed by atoms with Crippen LogP contribution in [0.15, 0.2) is 60.7 Å². The average molecular weight is 293 g/mol. The molecule has 22 heavy (non-hydrogen) atoms. The molecule has 0 N–H and O–H groups in total. The molecule has 0 aliphatic carbocycles. The summed E-state index contributed by atoms with van der Waals surface area (Å²) in [6, 6.07) is 20.5. The Labute approximate surface area is 130 Å². The monoisotopic (exact) mass is 293 g/mol. The summed E-state index contributed by atoms with van der Waals surface area (Å²) in [5.74, 6) is 0.838. The molecule has 5 heteroatoms. The third kappa shape index (κ3) is 3.04. The number of aromatic nitrogens is 4. The van der Waals surface area contributed by atoms with Crippen LogP contribution in [-0.4, -0.2) is 32.2 Å². The van der Waals surface area contributed by atoms with Crippen LogP contribution in [0.5, 0.6) is 0 Å². The van der Waals surface area contributed by atoms with Crippen molar-refractivity contribution in [2.75, 3.05) is 7.05 Å². The maximum absolute atomic E-state index is 4.22. The fraction of sp³-hybridized carbons (Fsp3) is 0.235. The van der Waals surface area contributed by atoms with Crippen molar-refractivity contribution in [3.63, 3.8) is 0 Å². The number of hydrogen-bond donors (Lipinski definition) is 0. The van der Waals surface area contributed by atoms with Crippen molar-refractivity contribution in [1.82, 2.24) is 25.1 Å². The van der Waals surface area contributed by atoms with E-state index in [0.717, 1.165) is 18.1 Å². The minimum atomic E-state index is 0.107. The molecule has 0 spiro atoms. The topological polar surface area (TPSA) is 46.8 Å². The lowest BCUT2D eigenvalue weighted by atomic mass is 10.2. The highest BCUT2D eigenvalue weighted by Gasteiger charge is 2.19. The van der Waals surface area contributed by atoms with E-state index < -0.39 is 0 Å². The van der Waals surface area contributed by atoms with Crippen LogP contribution >= 0.6 is 0 Å². The molecule has 1 aromatic heterocycles. The molecule has 3 aromatic rings. The zero-order valence-corrected chi connectivity index (χ0v) is 12.8. The van der Waals surface area contributed by atoms with E-state index in [2.05, 4.69) is 58.7 Å². The fourth-order valence-corrected chi connectivity index (χ4v) is 2.41. The highest BCUT2D eigenvalue weighted by molar-refractivity contribution is 5.31. The maximum atomic E-state index is 4.22. The van der Waals surface area contributed by atoms with Crippen LogP contribution in [0.2, 0.25) is 0 Å². The second-order valence-corrected chi connectivity index (χ2v) is 5.36. The highest BCUT2D eigenvalue weighted by Crippen LogP contribution is 2.20. The number of benzene rings is 2. The van der Waals surface area contributed by atoms with Gasteiger partial charge in [0.05, 0.1) is 11.7 Å². The van der Waals surface area contributed by atoms with Gasteiger partial charge in [0.15, 0.2) is 5.82 Å². The van der Waals surface area contributed by atoms with Gasteiger partial charge in [-0.1, -0.05) is 48.5 Å². The maximum Gasteiger partial charge on any atom is 0.173 e. The summed E-state index contributed by atoms with van der Waals surface area (Å²) in [6.07, 6.45) is 0. The molecule has 1 atom stereocenters. The third-order valence-electron chi connectivity index (χ3n) is 3.80. The van der Waals surface area contributed by atoms with E-state index in [9.17, 15) is 0 Å². The first-order chi connectivity index (χ1) is 10.8. The van der Waals surface area contributed by atoms with Gasteiger partial charge in [0.25, 0.3) is 0 Å². The molecule has 0 saturated heterocycles. The summed E-state index contributed by atoms with van der Waals surface area (Å²) < 4.78 is 1.80. The minimum Gasteiger partial charge on any atom is -0.292 e. The van der Waals surface area contributed by atoms with Gasteiger partial charge in [-0.15, -0.1) is 5.10 Å². The quantitative estimate of drug-likeness (QED) is 0.725. The Morgan fingerprint density at radius 2 is 1.64 bits per heavy atom. The molecule has 0 saturated carbocycles. The normalized spacial score (nSPS) is 12.5. The van der Waals surface area contributed by atoms with Crippen molar-refractivity contribution < 1.29 is 0 Å². The lowest BCUT2D eigenvalue weighted by molar-refractivity contribution is 0.240. The zero-order chi connectivity index (χ0) is 15.4. The van der Waals surface area contributed by atoms with Crippen molar-refractivity contribution in [1.29, 1.82) is 0 Å². The number of nitrogens with zero attached hydrogens (tertiary/aromatic N) is 5. The summed E-state index contributed by atoms with van der Waals surface area (Å²) in [6.45, 7) is 2.97. The van der Waals surface area contributed by atoms with Crippen LogP contribution in [0.1, 0.15) is 24.4 Å². The van der Waals surface area contributed by atoms with E-state index in [1.165, 1.54) is 5.56 Å². The van der Waals surface area contributed by atoms with E-state index in [4.69, 9.17) is 0 Å². The minimum absolute atomic E-state index is 0.107. The molecular weight excluding hydrogens is 274 g/mol. The first kappa shape index (κ1) is 14.4. The lowest BCUT2D eigenvalue weighted by Gasteiger charge is -2.23. The molecule has 0 aliphatic heterocycles. The summed E-state index contributed by atoms with van der Waals surface area (Å²) in [7, 11) is 2.08. The molecule has 2 aromatic carbocycles. The van der Waals surface area contributed by atoms with Crippen LogP contribution in [0.25, 0.3) is 5.69 Å². The van der Waals surface area contributed by atoms with Gasteiger partial charge < -0.3 is 0 Å². The first-order valence-electron chi connectivity index (χ1n) is 7.33. The van der Waals surface area contributed by atoms with Gasteiger partial charge in [-0.05, 0) is 42.1 Å². The molecule has 0 radical (unpaired) electrons. The van der Waals surface area contributed by atoms with Gasteiger partial charge in [0.2, 0.25) is 0 Å². The van der Waals surface area contributed by atoms with Crippen LogP contribution in [0.3, 0.4) is 0 Å². The Balaban J connectivity index is 1.81. The standard InChI is InChI=1S/C17H19N5/c1-14(21(2)13-15-9-5-3-6-10-15)17-18-19-20-22(17)16-11-7-4-8-12-16/h3-12,14H,13H2,1-2H3/t14-/m0/s1. The molecule has 5 nitrogen and oxygen atoms in total. The van der Waals surface area contributed by atoms with Crippen LogP contribution in [-0.2, 0) is 6.54 Å². The van der Waals surface area contributed by atoms with Crippen molar-refractivity contribution in [3.8, 4) is 5.69 Å². The fourth-order valence-electron chi connectivity index (χ4n) is 2.41. The first-order valence-corrected chi connectivity index (χ1v) is 7.33. The molecule has 0 aliphatic rings. The molecule has 0 fully saturated rings. The molecule has 1 heterocycles. The van der Waals surface area contributed by atoms with Gasteiger partial charge in [-0.2, -0.15) is 4.68 Å². The van der Waals surface area contributed by atoms with Crippen LogP contribution in [0.4, 0.5) is 0 Å². The van der Waals surface area contributed by atoms with Gasteiger partial charge >= 0.3 is 0 Å². The van der Waals surface area contributed by atoms with Crippen LogP contribution < -0.4 is 0 Å². The SMILES string of the molecule is C[C@@H](c1nnnn1-c1ccccc1)N(C)Cc1ccccc1. The van der Waals surface area contributed by atoms with Crippen molar-refractivity contribution >= 4 is 0 Å². The summed E-state index contributed by atoms with van der Waals surface area (Å²) in [4.78, 5) is 2.24. The predicted molar refractivity (Wildman–Crippen MR) is 85.5 cm³/mol. The van der Waals surface area contributed by atoms with E-state index in [0.29, 0.717) is 0 Å². The van der Waals surface area contributed by atoms with Gasteiger partial charge in [-0.3, -0.25) is 4.90 Å². The van der Waals surface area contributed by atoms with Crippen molar-refractivity contribution in [3.05, 3.63) is 72.1 Å². The van der Waals surface area contributed by atoms with Gasteiger partial charge in [0.1, 0.15) is 0 Å². The largest absolute Gasteiger partial charge is 0.292 e. The Kier molecular flexibility index (Phi) is 4.25. The molecule has 0 unspecified atom stereocenters. The second kappa shape index (κ2) is 6.49. The van der Waals surface area contributed by atoms with E-state index in [1.54, 1.807) is 4.68 Å². The van der Waals surface area contributed by atoms with Gasteiger partial charge in [0, 0.05) is 6.54 Å². The Morgan fingerprint density at radius 3 is 2.32 bits per heavy atom. The predicted octanol–water partition coefficient (Wildman–Crippen LogP) is 2.86. The average Bonchev–Trinajstić information content (AvgIpc) is 3.05. The molecule has 0 amide bonds. The number of rotatable bonds is 5. The molecule has 112 valence electrons. The van der Waals surface area contributed by atoms with E-state index in [1.807, 2.05) is 36.4 Å².